The minimum absolute atomic E-state index is 0.0517. The number of likely N-dealkylation sites (N-methyl/N-ethyl adjacent to an activating group) is 1. The number of rotatable bonds is 5. The van der Waals surface area contributed by atoms with Crippen molar-refractivity contribution in [3.8, 4) is 0 Å². The average molecular weight is 348 g/mol. The van der Waals surface area contributed by atoms with E-state index in [1.807, 2.05) is 0 Å². The minimum atomic E-state index is -0.982. The van der Waals surface area contributed by atoms with Crippen molar-refractivity contribution in [1.29, 1.82) is 0 Å². The fourth-order valence-electron chi connectivity index (χ4n) is 1.72. The van der Waals surface area contributed by atoms with E-state index < -0.39 is 23.1 Å². The second-order valence-electron chi connectivity index (χ2n) is 4.37. The van der Waals surface area contributed by atoms with Crippen LogP contribution in [0.25, 0.3) is 0 Å². The molecule has 0 saturated heterocycles. The van der Waals surface area contributed by atoms with Gasteiger partial charge in [0, 0.05) is 25.4 Å². The van der Waals surface area contributed by atoms with Crippen molar-refractivity contribution in [3.05, 3.63) is 49.5 Å². The Morgan fingerprint density at radius 1 is 1.36 bits per heavy atom. The second kappa shape index (κ2) is 6.99. The van der Waals surface area contributed by atoms with Crippen LogP contribution in [0.2, 0.25) is 4.34 Å². The molecular formula is C13H12ClF2N3O2S. The lowest BCUT2D eigenvalue weighted by molar-refractivity contribution is 0.103. The van der Waals surface area contributed by atoms with Crippen LogP contribution < -0.4 is 16.2 Å². The number of halogens is 3. The highest BCUT2D eigenvalue weighted by molar-refractivity contribution is 7.18. The maximum atomic E-state index is 13.6. The molecule has 0 saturated carbocycles. The van der Waals surface area contributed by atoms with Crippen LogP contribution in [0.1, 0.15) is 9.67 Å². The Labute approximate surface area is 133 Å². The third-order valence-electron chi connectivity index (χ3n) is 2.77. The summed E-state index contributed by atoms with van der Waals surface area (Å²) in [6, 6.07) is 1.91. The van der Waals surface area contributed by atoms with E-state index in [9.17, 15) is 18.4 Å². The Hall–Kier alpha value is -1.77. The molecule has 5 nitrogen and oxygen atoms in total. The summed E-state index contributed by atoms with van der Waals surface area (Å²) in [7, 11) is 1.70. The zero-order chi connectivity index (χ0) is 16.3. The molecular weight excluding hydrogens is 336 g/mol. The third kappa shape index (κ3) is 3.70. The van der Waals surface area contributed by atoms with Crippen molar-refractivity contribution in [2.45, 2.75) is 6.54 Å². The Kier molecular flexibility index (Phi) is 5.28. The normalized spacial score (nSPS) is 10.7. The topological polar surface area (TPSA) is 63.1 Å². The molecule has 0 bridgehead atoms. The summed E-state index contributed by atoms with van der Waals surface area (Å²) >= 11 is 6.33. The molecule has 0 fully saturated rings. The van der Waals surface area contributed by atoms with Gasteiger partial charge in [-0.1, -0.05) is 11.6 Å². The van der Waals surface area contributed by atoms with Gasteiger partial charge in [0.25, 0.3) is 11.5 Å². The number of amides is 1. The van der Waals surface area contributed by atoms with Crippen molar-refractivity contribution >= 4 is 34.5 Å². The van der Waals surface area contributed by atoms with Gasteiger partial charge in [-0.2, -0.15) is 0 Å². The van der Waals surface area contributed by atoms with Gasteiger partial charge in [0.05, 0.1) is 10.6 Å². The van der Waals surface area contributed by atoms with E-state index >= 15 is 0 Å². The van der Waals surface area contributed by atoms with E-state index in [0.717, 1.165) is 28.0 Å². The third-order valence-corrected chi connectivity index (χ3v) is 4.08. The summed E-state index contributed by atoms with van der Waals surface area (Å²) in [5.74, 6) is -2.31. The molecule has 9 heteroatoms. The number of carbonyl (C=O) groups is 1. The zero-order valence-corrected chi connectivity index (χ0v) is 13.0. The number of aromatic nitrogens is 1. The quantitative estimate of drug-likeness (QED) is 0.872. The Morgan fingerprint density at radius 3 is 2.68 bits per heavy atom. The smallest absolute Gasteiger partial charge is 0.286 e. The van der Waals surface area contributed by atoms with Gasteiger partial charge in [0.2, 0.25) is 0 Å². The lowest BCUT2D eigenvalue weighted by Crippen LogP contribution is -2.28. The Bertz CT molecular complexity index is 741. The van der Waals surface area contributed by atoms with Crippen LogP contribution in [0.5, 0.6) is 0 Å². The molecule has 2 N–H and O–H groups in total. The van der Waals surface area contributed by atoms with Gasteiger partial charge in [-0.05, 0) is 13.1 Å². The molecule has 2 aromatic rings. The van der Waals surface area contributed by atoms with E-state index in [1.54, 1.807) is 7.05 Å². The van der Waals surface area contributed by atoms with E-state index in [2.05, 4.69) is 10.6 Å². The number of hydrogen-bond acceptors (Lipinski definition) is 4. The van der Waals surface area contributed by atoms with Gasteiger partial charge in [-0.15, -0.1) is 11.3 Å². The standard InChI is InChI=1S/C13H12ClF2N3O2S/c1-17-2-3-19-6-7(4-9(16)13(19)21)18-12(20)10-5-8(15)11(14)22-10/h4-6,17H,2-3H2,1H3,(H,18,20). The summed E-state index contributed by atoms with van der Waals surface area (Å²) in [4.78, 5) is 23.6. The summed E-state index contributed by atoms with van der Waals surface area (Å²) in [5.41, 5.74) is -0.679. The number of carbonyl (C=O) groups excluding carboxylic acids is 1. The zero-order valence-electron chi connectivity index (χ0n) is 11.5. The fourth-order valence-corrected chi connectivity index (χ4v) is 2.68. The molecule has 1 amide bonds. The molecule has 0 aromatic carbocycles. The van der Waals surface area contributed by atoms with Gasteiger partial charge >= 0.3 is 0 Å². The summed E-state index contributed by atoms with van der Waals surface area (Å²) in [5, 5.41) is 5.24. The van der Waals surface area contributed by atoms with Crippen molar-refractivity contribution in [2.75, 3.05) is 18.9 Å². The van der Waals surface area contributed by atoms with Crippen LogP contribution in [-0.2, 0) is 6.54 Å². The van der Waals surface area contributed by atoms with Gasteiger partial charge in [0.15, 0.2) is 11.6 Å². The first kappa shape index (κ1) is 16.6. The monoisotopic (exact) mass is 347 g/mol. The van der Waals surface area contributed by atoms with Crippen molar-refractivity contribution in [3.63, 3.8) is 0 Å². The maximum absolute atomic E-state index is 13.6. The predicted octanol–water partition coefficient (Wildman–Crippen LogP) is 2.31. The van der Waals surface area contributed by atoms with Crippen molar-refractivity contribution in [1.82, 2.24) is 9.88 Å². The van der Waals surface area contributed by atoms with Gasteiger partial charge in [0.1, 0.15) is 4.34 Å². The molecule has 0 aliphatic rings. The Balaban J connectivity index is 2.23. The molecule has 0 aliphatic heterocycles. The van der Waals surface area contributed by atoms with Crippen LogP contribution in [0.3, 0.4) is 0 Å². The first-order valence-electron chi connectivity index (χ1n) is 6.23. The van der Waals surface area contributed by atoms with Crippen LogP contribution in [0, 0.1) is 11.6 Å². The van der Waals surface area contributed by atoms with Gasteiger partial charge < -0.3 is 15.2 Å². The minimum Gasteiger partial charge on any atom is -0.320 e. The molecule has 0 unspecified atom stereocenters. The van der Waals surface area contributed by atoms with Crippen molar-refractivity contribution in [2.24, 2.45) is 0 Å². The van der Waals surface area contributed by atoms with E-state index in [1.165, 1.54) is 6.20 Å². The van der Waals surface area contributed by atoms with E-state index in [-0.39, 0.29) is 21.4 Å². The van der Waals surface area contributed by atoms with Crippen LogP contribution in [0.15, 0.2) is 23.1 Å². The maximum Gasteiger partial charge on any atom is 0.286 e. The van der Waals surface area contributed by atoms with Crippen LogP contribution in [-0.4, -0.2) is 24.1 Å². The molecule has 0 atom stereocenters. The number of thiophene rings is 1. The van der Waals surface area contributed by atoms with Crippen LogP contribution >= 0.6 is 22.9 Å². The van der Waals surface area contributed by atoms with E-state index in [4.69, 9.17) is 11.6 Å². The van der Waals surface area contributed by atoms with E-state index in [0.29, 0.717) is 6.54 Å². The molecule has 0 spiro atoms. The summed E-state index contributed by atoms with van der Waals surface area (Å²) < 4.78 is 27.8. The number of anilines is 1. The molecule has 2 aromatic heterocycles. The molecule has 22 heavy (non-hydrogen) atoms. The molecule has 0 aliphatic carbocycles. The number of hydrogen-bond donors (Lipinski definition) is 2. The SMILES string of the molecule is CNCCn1cc(NC(=O)c2cc(F)c(Cl)s2)cc(F)c1=O. The van der Waals surface area contributed by atoms with Gasteiger partial charge in [-0.3, -0.25) is 9.59 Å². The predicted molar refractivity (Wildman–Crippen MR) is 81.8 cm³/mol. The van der Waals surface area contributed by atoms with Gasteiger partial charge in [-0.25, -0.2) is 8.78 Å². The number of nitrogens with zero attached hydrogens (tertiary/aromatic N) is 1. The fraction of sp³-hybridized carbons (Fsp3) is 0.231. The summed E-state index contributed by atoms with van der Waals surface area (Å²) in [6.07, 6.45) is 1.33. The molecule has 2 rings (SSSR count). The average Bonchev–Trinajstić information content (AvgIpc) is 2.81. The first-order valence-corrected chi connectivity index (χ1v) is 7.42. The Morgan fingerprint density at radius 2 is 2.09 bits per heavy atom. The lowest BCUT2D eigenvalue weighted by Gasteiger charge is -2.09. The number of pyridine rings is 1. The molecule has 0 radical (unpaired) electrons. The van der Waals surface area contributed by atoms with Crippen molar-refractivity contribution < 1.29 is 13.6 Å². The lowest BCUT2D eigenvalue weighted by atomic mass is 10.3. The first-order chi connectivity index (χ1) is 10.4. The highest BCUT2D eigenvalue weighted by Gasteiger charge is 2.15. The largest absolute Gasteiger partial charge is 0.320 e. The van der Waals surface area contributed by atoms with Crippen LogP contribution in [0.4, 0.5) is 14.5 Å². The highest BCUT2D eigenvalue weighted by Crippen LogP contribution is 2.26. The second-order valence-corrected chi connectivity index (χ2v) is 6.02. The summed E-state index contributed by atoms with van der Waals surface area (Å²) in [6.45, 7) is 0.706. The molecule has 2 heterocycles. The number of nitrogens with one attached hydrogen (secondary N) is 2. The molecule has 118 valence electrons. The highest BCUT2D eigenvalue weighted by atomic mass is 35.5.